The molecule has 0 bridgehead atoms. The number of nitrogens with one attached hydrogen (secondary N) is 1. The maximum atomic E-state index is 13.0. The van der Waals surface area contributed by atoms with Gasteiger partial charge in [0.15, 0.2) is 5.75 Å². The van der Waals surface area contributed by atoms with Crippen molar-refractivity contribution in [2.75, 3.05) is 39.8 Å². The number of fused-ring (bicyclic) bond motifs is 1. The van der Waals surface area contributed by atoms with E-state index in [-0.39, 0.29) is 11.9 Å². The summed E-state index contributed by atoms with van der Waals surface area (Å²) in [6, 6.07) is 7.16. The second-order valence-electron chi connectivity index (χ2n) is 8.18. The number of H-pyrrole nitrogens is 1. The topological polar surface area (TPSA) is 149 Å². The number of likely N-dealkylation sites (N-methyl/N-ethyl adjacent to an activating group) is 1. The molecule has 1 fully saturated rings. The molecule has 3 heterocycles. The summed E-state index contributed by atoms with van der Waals surface area (Å²) >= 11 is 6.31. The number of aromatic amines is 1. The number of hydrogen-bond donors (Lipinski definition) is 3. The van der Waals surface area contributed by atoms with Gasteiger partial charge in [-0.05, 0) is 19.5 Å². The summed E-state index contributed by atoms with van der Waals surface area (Å²) in [4.78, 5) is 46.5. The van der Waals surface area contributed by atoms with Gasteiger partial charge in [-0.15, -0.1) is 0 Å². The number of carboxylic acids is 1. The molecule has 1 saturated heterocycles. The molecule has 2 aromatic heterocycles. The Kier molecular flexibility index (Phi) is 11.2. The largest absolute Gasteiger partial charge is 0.503 e. The third kappa shape index (κ3) is 7.61. The molecular weight excluding hydrogens is 502 g/mol. The van der Waals surface area contributed by atoms with Crippen LogP contribution >= 0.6 is 11.6 Å². The molecule has 0 radical (unpaired) electrons. The Morgan fingerprint density at radius 1 is 1.22 bits per heavy atom. The van der Waals surface area contributed by atoms with Crippen molar-refractivity contribution in [1.82, 2.24) is 24.6 Å². The molecule has 3 aromatic rings. The highest BCUT2D eigenvalue weighted by Crippen LogP contribution is 2.32. The number of benzene rings is 1. The maximum absolute atomic E-state index is 13.0. The minimum Gasteiger partial charge on any atom is -0.503 e. The number of carbonyl (C=O) groups excluding carboxylic acids is 2. The van der Waals surface area contributed by atoms with E-state index in [0.717, 1.165) is 38.8 Å². The van der Waals surface area contributed by atoms with Crippen LogP contribution in [-0.4, -0.2) is 86.7 Å². The first-order chi connectivity index (χ1) is 17.7. The minimum atomic E-state index is -0.981. The van der Waals surface area contributed by atoms with Crippen molar-refractivity contribution < 1.29 is 24.6 Å². The SMILES string of the molecule is C=CC(=O)O.CCc1nn(CCN2CCN(C)CC2)c2[nH]c(-c3ccccc3Cl)c(O)c(=O)c12.O=C=O. The number of aliphatic carboxylic acids is 1. The number of hydrogen-bond acceptors (Lipinski definition) is 8. The molecule has 3 N–H and O–H groups in total. The number of halogens is 1. The van der Waals surface area contributed by atoms with E-state index in [4.69, 9.17) is 26.3 Å². The van der Waals surface area contributed by atoms with Crippen LogP contribution < -0.4 is 5.43 Å². The number of aryl methyl sites for hydroxylation is 1. The number of carbonyl (C=O) groups is 1. The zero-order chi connectivity index (χ0) is 27.5. The monoisotopic (exact) mass is 531 g/mol. The van der Waals surface area contributed by atoms with E-state index < -0.39 is 11.4 Å². The molecule has 12 heteroatoms. The molecule has 0 spiro atoms. The standard InChI is InChI=1S/C21H26ClN5O2.C3H4O2.CO2/c1-3-16-17-19(28)20(29)18(14-6-4-5-7-15(14)22)23-21(17)27(24-16)13-12-26-10-8-25(2)9-11-26;1-2-3(4)5;2-1-3/h4-7,29H,3,8-13H2,1-2H3,(H,23,28);2H,1H2,(H,4,5);. The molecule has 4 rings (SSSR count). The number of piperazine rings is 1. The fraction of sp³-hybridized carbons (Fsp3) is 0.360. The van der Waals surface area contributed by atoms with Crippen molar-refractivity contribution in [2.45, 2.75) is 19.9 Å². The van der Waals surface area contributed by atoms with E-state index in [0.29, 0.717) is 46.0 Å². The van der Waals surface area contributed by atoms with Crippen LogP contribution in [0.15, 0.2) is 41.7 Å². The van der Waals surface area contributed by atoms with Gasteiger partial charge in [-0.25, -0.2) is 9.48 Å². The lowest BCUT2D eigenvalue weighted by Gasteiger charge is -2.32. The average molecular weight is 532 g/mol. The third-order valence-electron chi connectivity index (χ3n) is 5.82. The van der Waals surface area contributed by atoms with Gasteiger partial charge in [-0.1, -0.05) is 43.3 Å². The van der Waals surface area contributed by atoms with Gasteiger partial charge in [0.25, 0.3) is 0 Å². The van der Waals surface area contributed by atoms with E-state index in [1.54, 1.807) is 12.1 Å². The summed E-state index contributed by atoms with van der Waals surface area (Å²) in [5.41, 5.74) is 1.85. The molecule has 0 saturated carbocycles. The summed E-state index contributed by atoms with van der Waals surface area (Å²) in [6.07, 6.45) is 1.70. The number of carboxylic acid groups (broad SMARTS) is 1. The lowest BCUT2D eigenvalue weighted by molar-refractivity contribution is -0.191. The van der Waals surface area contributed by atoms with E-state index in [2.05, 4.69) is 33.5 Å². The first-order valence-electron chi connectivity index (χ1n) is 11.5. The Morgan fingerprint density at radius 2 is 1.81 bits per heavy atom. The van der Waals surface area contributed by atoms with Gasteiger partial charge in [-0.3, -0.25) is 9.69 Å². The van der Waals surface area contributed by atoms with Crippen LogP contribution in [0.1, 0.15) is 12.6 Å². The summed E-state index contributed by atoms with van der Waals surface area (Å²) in [5.74, 6) is -1.30. The molecule has 11 nitrogen and oxygen atoms in total. The number of aromatic hydroxyl groups is 1. The van der Waals surface area contributed by atoms with E-state index >= 15 is 0 Å². The normalized spacial score (nSPS) is 13.6. The highest BCUT2D eigenvalue weighted by Gasteiger charge is 2.21. The van der Waals surface area contributed by atoms with Crippen LogP contribution in [0.4, 0.5) is 0 Å². The first kappa shape index (κ1) is 29.5. The Labute approximate surface area is 218 Å². The number of aromatic nitrogens is 3. The lowest BCUT2D eigenvalue weighted by Crippen LogP contribution is -2.45. The fourth-order valence-electron chi connectivity index (χ4n) is 3.86. The smallest absolute Gasteiger partial charge is 0.373 e. The molecule has 37 heavy (non-hydrogen) atoms. The van der Waals surface area contributed by atoms with Gasteiger partial charge in [0.2, 0.25) is 5.43 Å². The van der Waals surface area contributed by atoms with Crippen LogP contribution in [0.5, 0.6) is 5.75 Å². The van der Waals surface area contributed by atoms with Crippen LogP contribution in [0.2, 0.25) is 5.02 Å². The highest BCUT2D eigenvalue weighted by molar-refractivity contribution is 6.33. The van der Waals surface area contributed by atoms with Crippen molar-refractivity contribution in [3.63, 3.8) is 0 Å². The Hall–Kier alpha value is -3.76. The van der Waals surface area contributed by atoms with Gasteiger partial charge >= 0.3 is 12.1 Å². The molecule has 0 unspecified atom stereocenters. The summed E-state index contributed by atoms with van der Waals surface area (Å²) in [5, 5.41) is 23.8. The third-order valence-corrected chi connectivity index (χ3v) is 6.15. The zero-order valence-electron chi connectivity index (χ0n) is 20.7. The summed E-state index contributed by atoms with van der Waals surface area (Å²) in [6.45, 7) is 10.6. The van der Waals surface area contributed by atoms with Crippen LogP contribution in [0.25, 0.3) is 22.3 Å². The molecular formula is C25H30ClN5O6. The summed E-state index contributed by atoms with van der Waals surface area (Å²) in [7, 11) is 2.14. The van der Waals surface area contributed by atoms with E-state index in [1.807, 2.05) is 23.7 Å². The van der Waals surface area contributed by atoms with Crippen LogP contribution in [0, 0.1) is 0 Å². The highest BCUT2D eigenvalue weighted by atomic mass is 35.5. The fourth-order valence-corrected chi connectivity index (χ4v) is 4.09. The Balaban J connectivity index is 0.000000530. The zero-order valence-corrected chi connectivity index (χ0v) is 21.5. The second-order valence-corrected chi connectivity index (χ2v) is 8.58. The van der Waals surface area contributed by atoms with E-state index in [9.17, 15) is 14.7 Å². The Bertz CT molecular complexity index is 1320. The number of rotatable bonds is 6. The van der Waals surface area contributed by atoms with Crippen molar-refractivity contribution in [1.29, 1.82) is 0 Å². The van der Waals surface area contributed by atoms with Gasteiger partial charge < -0.3 is 20.1 Å². The average Bonchev–Trinajstić information content (AvgIpc) is 3.25. The van der Waals surface area contributed by atoms with Crippen LogP contribution in [0.3, 0.4) is 0 Å². The predicted octanol–water partition coefficient (Wildman–Crippen LogP) is 2.23. The molecule has 1 aromatic carbocycles. The molecule has 0 amide bonds. The van der Waals surface area contributed by atoms with Gasteiger partial charge in [0, 0.05) is 44.4 Å². The molecule has 1 aliphatic heterocycles. The Morgan fingerprint density at radius 3 is 2.35 bits per heavy atom. The molecule has 198 valence electrons. The van der Waals surface area contributed by atoms with Crippen LogP contribution in [-0.2, 0) is 27.3 Å². The molecule has 0 aliphatic carbocycles. The quantitative estimate of drug-likeness (QED) is 0.407. The van der Waals surface area contributed by atoms with Crippen molar-refractivity contribution in [3.8, 4) is 17.0 Å². The predicted molar refractivity (Wildman–Crippen MR) is 139 cm³/mol. The summed E-state index contributed by atoms with van der Waals surface area (Å²) < 4.78 is 1.85. The number of nitrogens with zero attached hydrogens (tertiary/aromatic N) is 4. The van der Waals surface area contributed by atoms with Gasteiger partial charge in [-0.2, -0.15) is 14.7 Å². The van der Waals surface area contributed by atoms with Crippen molar-refractivity contribution in [3.05, 3.63) is 57.9 Å². The lowest BCUT2D eigenvalue weighted by atomic mass is 10.1. The first-order valence-corrected chi connectivity index (χ1v) is 11.9. The van der Waals surface area contributed by atoms with Gasteiger partial charge in [0.1, 0.15) is 5.65 Å². The molecule has 0 atom stereocenters. The van der Waals surface area contributed by atoms with Crippen molar-refractivity contribution in [2.24, 2.45) is 0 Å². The number of pyridine rings is 1. The van der Waals surface area contributed by atoms with Gasteiger partial charge in [0.05, 0.1) is 28.3 Å². The van der Waals surface area contributed by atoms with Crippen molar-refractivity contribution >= 4 is 34.8 Å². The minimum absolute atomic E-state index is 0.250. The second kappa shape index (κ2) is 14.1. The maximum Gasteiger partial charge on any atom is 0.373 e. The van der Waals surface area contributed by atoms with E-state index in [1.165, 1.54) is 0 Å². The molecule has 1 aliphatic rings.